The monoisotopic (exact) mass is 436 g/mol. The van der Waals surface area contributed by atoms with Crippen molar-refractivity contribution in [1.29, 1.82) is 0 Å². The van der Waals surface area contributed by atoms with Crippen molar-refractivity contribution in [2.45, 2.75) is 0 Å². The van der Waals surface area contributed by atoms with Gasteiger partial charge in [0.2, 0.25) is 5.91 Å². The fourth-order valence-corrected chi connectivity index (χ4v) is 3.77. The molecule has 0 atom stereocenters. The number of carbonyl (C=O) groups excluding carboxylic acids is 3. The lowest BCUT2D eigenvalue weighted by Crippen LogP contribution is -2.36. The zero-order chi connectivity index (χ0) is 20.3. The van der Waals surface area contributed by atoms with Gasteiger partial charge in [0.15, 0.2) is 0 Å². The van der Waals surface area contributed by atoms with Crippen molar-refractivity contribution in [3.63, 3.8) is 0 Å². The summed E-state index contributed by atoms with van der Waals surface area (Å²) < 4.78 is 5.05. The standard InChI is InChI=1S/C19H14Cl2N2O4S/c1-27-15-6-5-13(9-14(15)21)22-17(24)10-23-18(25)16(28-19(23)26)8-11-3-2-4-12(20)7-11/h2-9H,10H2,1H3,(H,22,24). The summed E-state index contributed by atoms with van der Waals surface area (Å²) in [4.78, 5) is 38.0. The van der Waals surface area contributed by atoms with Crippen molar-refractivity contribution >= 4 is 63.8 Å². The van der Waals surface area contributed by atoms with Crippen LogP contribution in [0.4, 0.5) is 10.5 Å². The SMILES string of the molecule is COc1ccc(NC(=O)CN2C(=O)SC(=Cc3cccc(Cl)c3)C2=O)cc1Cl. The van der Waals surface area contributed by atoms with Crippen LogP contribution < -0.4 is 10.1 Å². The molecule has 3 amide bonds. The van der Waals surface area contributed by atoms with Gasteiger partial charge in [-0.3, -0.25) is 19.3 Å². The first-order valence-electron chi connectivity index (χ1n) is 8.01. The van der Waals surface area contributed by atoms with E-state index in [1.807, 2.05) is 0 Å². The Kier molecular flexibility index (Phi) is 6.28. The Bertz CT molecular complexity index is 994. The molecule has 6 nitrogen and oxygen atoms in total. The lowest BCUT2D eigenvalue weighted by Gasteiger charge is -2.13. The van der Waals surface area contributed by atoms with Crippen molar-refractivity contribution in [2.24, 2.45) is 0 Å². The summed E-state index contributed by atoms with van der Waals surface area (Å²) in [5.41, 5.74) is 1.12. The molecule has 2 aromatic rings. The number of nitrogens with one attached hydrogen (secondary N) is 1. The van der Waals surface area contributed by atoms with Crippen molar-refractivity contribution in [2.75, 3.05) is 19.0 Å². The van der Waals surface area contributed by atoms with Crippen molar-refractivity contribution < 1.29 is 19.1 Å². The molecule has 144 valence electrons. The number of hydrogen-bond donors (Lipinski definition) is 1. The number of benzene rings is 2. The number of ether oxygens (including phenoxy) is 1. The number of nitrogens with zero attached hydrogens (tertiary/aromatic N) is 1. The summed E-state index contributed by atoms with van der Waals surface area (Å²) in [6.45, 7) is -0.402. The lowest BCUT2D eigenvalue weighted by molar-refractivity contribution is -0.127. The highest BCUT2D eigenvalue weighted by Gasteiger charge is 2.36. The fraction of sp³-hybridized carbons (Fsp3) is 0.105. The fourth-order valence-electron chi connectivity index (χ4n) is 2.47. The number of methoxy groups -OCH3 is 1. The van der Waals surface area contributed by atoms with E-state index in [-0.39, 0.29) is 4.91 Å². The Balaban J connectivity index is 1.68. The predicted octanol–water partition coefficient (Wildman–Crippen LogP) is 4.68. The first-order valence-corrected chi connectivity index (χ1v) is 9.59. The quantitative estimate of drug-likeness (QED) is 0.688. The van der Waals surface area contributed by atoms with Crippen molar-refractivity contribution in [3.8, 4) is 5.75 Å². The molecule has 0 unspecified atom stereocenters. The largest absolute Gasteiger partial charge is 0.495 e. The van der Waals surface area contributed by atoms with Gasteiger partial charge < -0.3 is 10.1 Å². The normalized spacial score (nSPS) is 15.2. The van der Waals surface area contributed by atoms with Gasteiger partial charge in [-0.2, -0.15) is 0 Å². The molecule has 0 spiro atoms. The highest BCUT2D eigenvalue weighted by atomic mass is 35.5. The second-order valence-corrected chi connectivity index (χ2v) is 7.56. The summed E-state index contributed by atoms with van der Waals surface area (Å²) >= 11 is 12.7. The Morgan fingerprint density at radius 3 is 2.68 bits per heavy atom. The molecule has 2 aromatic carbocycles. The number of imide groups is 1. The maximum absolute atomic E-state index is 12.5. The third-order valence-electron chi connectivity index (χ3n) is 3.76. The number of amides is 3. The number of thioether (sulfide) groups is 1. The van der Waals surface area contributed by atoms with Crippen molar-refractivity contribution in [1.82, 2.24) is 4.90 Å². The minimum Gasteiger partial charge on any atom is -0.495 e. The molecule has 1 fully saturated rings. The zero-order valence-electron chi connectivity index (χ0n) is 14.6. The third-order valence-corrected chi connectivity index (χ3v) is 5.20. The molecule has 0 aliphatic carbocycles. The Morgan fingerprint density at radius 2 is 2.00 bits per heavy atom. The summed E-state index contributed by atoms with van der Waals surface area (Å²) in [5.74, 6) is -0.581. The minimum absolute atomic E-state index is 0.229. The van der Waals surface area contributed by atoms with E-state index in [1.165, 1.54) is 13.2 Å². The van der Waals surface area contributed by atoms with Crippen LogP contribution >= 0.6 is 35.0 Å². The van der Waals surface area contributed by atoms with Gasteiger partial charge in [0.05, 0.1) is 17.0 Å². The van der Waals surface area contributed by atoms with Crippen LogP contribution in [0.1, 0.15) is 5.56 Å². The maximum atomic E-state index is 12.5. The molecule has 1 N–H and O–H groups in total. The molecule has 28 heavy (non-hydrogen) atoms. The molecule has 1 aliphatic rings. The third kappa shape index (κ3) is 4.67. The summed E-state index contributed by atoms with van der Waals surface area (Å²) in [6, 6.07) is 11.6. The second kappa shape index (κ2) is 8.68. The molecular formula is C19H14Cl2N2O4S. The molecule has 3 rings (SSSR count). The number of halogens is 2. The predicted molar refractivity (Wildman–Crippen MR) is 111 cm³/mol. The van der Waals surface area contributed by atoms with E-state index >= 15 is 0 Å². The van der Waals surface area contributed by atoms with E-state index in [0.29, 0.717) is 27.0 Å². The smallest absolute Gasteiger partial charge is 0.294 e. The van der Waals surface area contributed by atoms with Crippen molar-refractivity contribution in [3.05, 3.63) is 63.0 Å². The van der Waals surface area contributed by atoms with Crippen LogP contribution in [-0.2, 0) is 9.59 Å². The highest BCUT2D eigenvalue weighted by Crippen LogP contribution is 2.32. The van der Waals surface area contributed by atoms with Gasteiger partial charge in [-0.15, -0.1) is 0 Å². The van der Waals surface area contributed by atoms with Crippen LogP contribution in [0.3, 0.4) is 0 Å². The minimum atomic E-state index is -0.530. The number of rotatable bonds is 5. The highest BCUT2D eigenvalue weighted by molar-refractivity contribution is 8.18. The zero-order valence-corrected chi connectivity index (χ0v) is 16.9. The number of anilines is 1. The van der Waals surface area contributed by atoms with Crippen LogP contribution in [0.15, 0.2) is 47.4 Å². The topological polar surface area (TPSA) is 75.7 Å². The average Bonchev–Trinajstić information content (AvgIpc) is 2.89. The summed E-state index contributed by atoms with van der Waals surface area (Å²) in [6.07, 6.45) is 1.57. The molecule has 0 aromatic heterocycles. The number of carbonyl (C=O) groups is 3. The first kappa shape index (κ1) is 20.3. The molecule has 0 bridgehead atoms. The van der Waals surface area contributed by atoms with Gasteiger partial charge in [-0.1, -0.05) is 35.3 Å². The van der Waals surface area contributed by atoms with Gasteiger partial charge in [-0.25, -0.2) is 0 Å². The van der Waals surface area contributed by atoms with Crippen LogP contribution in [0.25, 0.3) is 6.08 Å². The molecule has 1 saturated heterocycles. The van der Waals surface area contributed by atoms with E-state index in [9.17, 15) is 14.4 Å². The Morgan fingerprint density at radius 1 is 1.21 bits per heavy atom. The first-order chi connectivity index (χ1) is 13.4. The maximum Gasteiger partial charge on any atom is 0.294 e. The summed E-state index contributed by atoms with van der Waals surface area (Å²) in [5, 5.41) is 2.94. The van der Waals surface area contributed by atoms with Crippen LogP contribution in [0, 0.1) is 0 Å². The van der Waals surface area contributed by atoms with E-state index in [4.69, 9.17) is 27.9 Å². The second-order valence-electron chi connectivity index (χ2n) is 5.72. The molecule has 0 saturated carbocycles. The Labute approximate surface area is 175 Å². The average molecular weight is 437 g/mol. The number of hydrogen-bond acceptors (Lipinski definition) is 5. The van der Waals surface area contributed by atoms with E-state index < -0.39 is 23.6 Å². The lowest BCUT2D eigenvalue weighted by atomic mass is 10.2. The molecular weight excluding hydrogens is 423 g/mol. The van der Waals surface area contributed by atoms with Crippen LogP contribution in [-0.4, -0.2) is 35.6 Å². The van der Waals surface area contributed by atoms with Gasteiger partial charge in [-0.05, 0) is 53.7 Å². The van der Waals surface area contributed by atoms with Gasteiger partial charge in [0.1, 0.15) is 12.3 Å². The van der Waals surface area contributed by atoms with Gasteiger partial charge >= 0.3 is 0 Å². The Hall–Kier alpha value is -2.48. The van der Waals surface area contributed by atoms with Crippen LogP contribution in [0.5, 0.6) is 5.75 Å². The van der Waals surface area contributed by atoms with E-state index in [0.717, 1.165) is 16.7 Å². The molecule has 1 heterocycles. The summed E-state index contributed by atoms with van der Waals surface area (Å²) in [7, 11) is 1.48. The molecule has 1 aliphatic heterocycles. The van der Waals surface area contributed by atoms with Crippen LogP contribution in [0.2, 0.25) is 10.0 Å². The molecule has 9 heteroatoms. The molecule has 0 radical (unpaired) electrons. The van der Waals surface area contributed by atoms with Gasteiger partial charge in [0, 0.05) is 10.7 Å². The van der Waals surface area contributed by atoms with Gasteiger partial charge in [0.25, 0.3) is 11.1 Å². The van der Waals surface area contributed by atoms with E-state index in [1.54, 1.807) is 42.5 Å². The van der Waals surface area contributed by atoms with E-state index in [2.05, 4.69) is 5.32 Å².